The van der Waals surface area contributed by atoms with E-state index in [0.717, 1.165) is 0 Å². The predicted octanol–water partition coefficient (Wildman–Crippen LogP) is 2.87. The van der Waals surface area contributed by atoms with E-state index in [0.29, 0.717) is 40.8 Å². The number of aliphatic hydroxyl groups excluding tert-OH is 1. The van der Waals surface area contributed by atoms with Crippen LogP contribution in [-0.4, -0.2) is 81.6 Å². The van der Waals surface area contributed by atoms with E-state index in [9.17, 15) is 13.3 Å². The second-order valence-electron chi connectivity index (χ2n) is 6.66. The fraction of sp³-hybridized carbons (Fsp3) is 0.400. The van der Waals surface area contributed by atoms with E-state index in [1.165, 1.54) is 38.6 Å². The predicted molar refractivity (Wildman–Crippen MR) is 119 cm³/mol. The summed E-state index contributed by atoms with van der Waals surface area (Å²) in [6, 6.07) is 5.90. The molecule has 2 N–H and O–H groups in total. The number of benzene rings is 1. The van der Waals surface area contributed by atoms with Gasteiger partial charge in [-0.2, -0.15) is 13.8 Å². The molecule has 172 valence electrons. The zero-order chi connectivity index (χ0) is 23.0. The van der Waals surface area contributed by atoms with Crippen LogP contribution >= 0.6 is 0 Å². The summed E-state index contributed by atoms with van der Waals surface area (Å²) in [6.45, 7) is 1.33. The third kappa shape index (κ3) is 8.05. The molecule has 0 aliphatic heterocycles. The molecule has 0 aliphatic rings. The van der Waals surface area contributed by atoms with Gasteiger partial charge < -0.3 is 23.9 Å². The third-order valence-corrected chi connectivity index (χ3v) is 5.03. The van der Waals surface area contributed by atoms with Crippen molar-refractivity contribution in [1.82, 2.24) is 15.0 Å². The van der Waals surface area contributed by atoms with Gasteiger partial charge in [0.25, 0.3) is 0 Å². The summed E-state index contributed by atoms with van der Waals surface area (Å²) in [5, 5.41) is 8.34. The Balaban J connectivity index is 0.000000770. The van der Waals surface area contributed by atoms with Crippen molar-refractivity contribution in [3.63, 3.8) is 0 Å². The van der Waals surface area contributed by atoms with Crippen LogP contribution in [0.2, 0.25) is 0 Å². The van der Waals surface area contributed by atoms with Crippen molar-refractivity contribution in [3.05, 3.63) is 36.2 Å². The molecule has 0 saturated heterocycles. The number of aromatic nitrogens is 3. The molecule has 32 heavy (non-hydrogen) atoms. The standard InChI is InChI=1S/C16H15F2N3O4S.C4H10O.Na.H/c1-23-13-5-6-19-12(14(13)24-2)8-26(22)16-20-10-4-3-9(25-15(17)18)7-11(10)21-16;1-4(2)3-5;;/h3-7,15H,8H2,1-2H3,(H,20,21);4-5H,3H2,1-2H3;;. The minimum absolute atomic E-state index is 0. The topological polar surface area (TPSA) is 113 Å². The summed E-state index contributed by atoms with van der Waals surface area (Å²) in [7, 11) is 2.97. The van der Waals surface area contributed by atoms with Gasteiger partial charge in [0.1, 0.15) is 11.4 Å². The number of H-pyrrole nitrogens is 1. The van der Waals surface area contributed by atoms with E-state index in [1.807, 2.05) is 13.8 Å². The second-order valence-corrected chi connectivity index (χ2v) is 8.03. The molecule has 0 spiro atoms. The van der Waals surface area contributed by atoms with Gasteiger partial charge in [0.15, 0.2) is 17.3 Å². The molecule has 0 saturated carbocycles. The number of halogens is 2. The van der Waals surface area contributed by atoms with Crippen molar-refractivity contribution >= 4 is 51.8 Å². The maximum absolute atomic E-state index is 12.6. The number of methoxy groups -OCH3 is 2. The molecule has 0 amide bonds. The maximum atomic E-state index is 12.6. The number of hydrogen-bond donors (Lipinski definition) is 2. The van der Waals surface area contributed by atoms with Crippen molar-refractivity contribution in [2.24, 2.45) is 5.92 Å². The average Bonchev–Trinajstić information content (AvgIpc) is 3.17. The third-order valence-electron chi connectivity index (χ3n) is 3.87. The van der Waals surface area contributed by atoms with Gasteiger partial charge in [-0.25, -0.2) is 0 Å². The molecule has 1 aromatic carbocycles. The quantitative estimate of drug-likeness (QED) is 0.376. The van der Waals surface area contributed by atoms with Gasteiger partial charge >= 0.3 is 41.3 Å². The number of ether oxygens (including phenoxy) is 3. The first-order chi connectivity index (χ1) is 14.8. The number of aliphatic hydroxyl groups is 1. The molecule has 0 radical (unpaired) electrons. The Hall–Kier alpha value is -1.63. The van der Waals surface area contributed by atoms with Gasteiger partial charge in [0, 0.05) is 36.1 Å². The number of pyridine rings is 1. The SMILES string of the molecule is CC(C)CO.COc1ccnc(C[S+]([O-])c2nc3cc(OC(F)F)ccc3[nH]2)c1OC.[NaH]. The van der Waals surface area contributed by atoms with Crippen LogP contribution in [0.4, 0.5) is 8.78 Å². The second kappa shape index (κ2) is 13.8. The van der Waals surface area contributed by atoms with Gasteiger partial charge in [-0.1, -0.05) is 13.8 Å². The Morgan fingerprint density at radius 1 is 1.19 bits per heavy atom. The first kappa shape index (κ1) is 28.4. The fourth-order valence-electron chi connectivity index (χ4n) is 2.39. The number of imidazole rings is 1. The summed E-state index contributed by atoms with van der Waals surface area (Å²) in [5.74, 6) is 1.34. The zero-order valence-electron chi connectivity index (χ0n) is 17.6. The molecule has 0 fully saturated rings. The Morgan fingerprint density at radius 2 is 1.88 bits per heavy atom. The number of nitrogens with zero attached hydrogens (tertiary/aromatic N) is 2. The van der Waals surface area contributed by atoms with E-state index in [-0.39, 0.29) is 46.2 Å². The number of rotatable bonds is 8. The summed E-state index contributed by atoms with van der Waals surface area (Å²) in [6.07, 6.45) is 1.53. The Bertz CT molecular complexity index is 978. The molecular formula is C20H26F2N3NaO5S. The Kier molecular flexibility index (Phi) is 12.3. The molecule has 12 heteroatoms. The van der Waals surface area contributed by atoms with Crippen molar-refractivity contribution in [2.75, 3.05) is 20.8 Å². The summed E-state index contributed by atoms with van der Waals surface area (Å²) in [5.41, 5.74) is 1.38. The van der Waals surface area contributed by atoms with Gasteiger partial charge in [0.2, 0.25) is 0 Å². The molecule has 1 atom stereocenters. The summed E-state index contributed by atoms with van der Waals surface area (Å²) >= 11 is -1.56. The van der Waals surface area contributed by atoms with Gasteiger partial charge in [0.05, 0.1) is 25.3 Å². The van der Waals surface area contributed by atoms with Crippen LogP contribution in [0.3, 0.4) is 0 Å². The number of aromatic amines is 1. The number of alkyl halides is 2. The van der Waals surface area contributed by atoms with Gasteiger partial charge in [-0.05, 0) is 18.1 Å². The van der Waals surface area contributed by atoms with Crippen molar-refractivity contribution in [1.29, 1.82) is 0 Å². The van der Waals surface area contributed by atoms with Gasteiger partial charge in [-0.3, -0.25) is 9.97 Å². The van der Waals surface area contributed by atoms with Crippen molar-refractivity contribution in [2.45, 2.75) is 31.4 Å². The van der Waals surface area contributed by atoms with E-state index in [4.69, 9.17) is 14.6 Å². The summed E-state index contributed by atoms with van der Waals surface area (Å²) < 4.78 is 52.1. The molecule has 3 rings (SSSR count). The van der Waals surface area contributed by atoms with Crippen molar-refractivity contribution in [3.8, 4) is 17.2 Å². The van der Waals surface area contributed by atoms with Crippen LogP contribution in [0.25, 0.3) is 11.0 Å². The van der Waals surface area contributed by atoms with E-state index < -0.39 is 17.8 Å². The normalized spacial score (nSPS) is 11.6. The van der Waals surface area contributed by atoms with Crippen LogP contribution in [0.1, 0.15) is 19.5 Å². The number of nitrogens with one attached hydrogen (secondary N) is 1. The van der Waals surface area contributed by atoms with Gasteiger partial charge in [-0.15, -0.1) is 0 Å². The van der Waals surface area contributed by atoms with Crippen molar-refractivity contribution < 1.29 is 32.7 Å². The molecule has 2 heterocycles. The van der Waals surface area contributed by atoms with Crippen LogP contribution < -0.4 is 14.2 Å². The molecule has 2 aromatic heterocycles. The minimum atomic E-state index is -2.92. The Labute approximate surface area is 210 Å². The number of fused-ring (bicyclic) bond motifs is 1. The van der Waals surface area contributed by atoms with E-state index in [1.54, 1.807) is 6.07 Å². The van der Waals surface area contributed by atoms with Crippen LogP contribution in [0.15, 0.2) is 35.6 Å². The fourth-order valence-corrected chi connectivity index (χ4v) is 3.41. The summed E-state index contributed by atoms with van der Waals surface area (Å²) in [4.78, 5) is 11.3. The van der Waals surface area contributed by atoms with Crippen LogP contribution in [-0.2, 0) is 16.9 Å². The average molecular weight is 481 g/mol. The van der Waals surface area contributed by atoms with E-state index in [2.05, 4.69) is 19.7 Å². The monoisotopic (exact) mass is 481 g/mol. The van der Waals surface area contributed by atoms with Crippen LogP contribution in [0.5, 0.6) is 17.2 Å². The Morgan fingerprint density at radius 3 is 2.44 bits per heavy atom. The molecule has 0 bridgehead atoms. The molecule has 0 aliphatic carbocycles. The number of hydrogen-bond acceptors (Lipinski definition) is 7. The molecule has 1 unspecified atom stereocenters. The zero-order valence-corrected chi connectivity index (χ0v) is 18.4. The van der Waals surface area contributed by atoms with Crippen LogP contribution in [0, 0.1) is 5.92 Å². The van der Waals surface area contributed by atoms with E-state index >= 15 is 0 Å². The molecule has 8 nitrogen and oxygen atoms in total. The first-order valence-electron chi connectivity index (χ1n) is 9.28. The first-order valence-corrected chi connectivity index (χ1v) is 10.6. The molecule has 3 aromatic rings. The molecular weight excluding hydrogens is 455 g/mol.